The molecule has 18 heavy (non-hydrogen) atoms. The minimum atomic E-state index is -3.02. The predicted molar refractivity (Wildman–Crippen MR) is 67.0 cm³/mol. The number of carbonyl (C=O) groups is 1. The summed E-state index contributed by atoms with van der Waals surface area (Å²) in [5.74, 6) is -0.185. The van der Waals surface area contributed by atoms with Gasteiger partial charge in [0.1, 0.15) is 5.88 Å². The standard InChI is InChI=1S/C10H17ClN2O4S/c11-7-10(14)13(12-2-4-17-5-3-12)9-1-6-18(15,16)8-9/h9H,1-8H2/t9-/m0/s1. The first-order valence-corrected chi connectivity index (χ1v) is 8.30. The van der Waals surface area contributed by atoms with Crippen molar-refractivity contribution in [3.05, 3.63) is 0 Å². The number of rotatable bonds is 3. The lowest BCUT2D eigenvalue weighted by Crippen LogP contribution is -2.56. The van der Waals surface area contributed by atoms with E-state index in [1.807, 2.05) is 5.01 Å². The molecule has 2 aliphatic rings. The van der Waals surface area contributed by atoms with Gasteiger partial charge in [-0.25, -0.2) is 13.4 Å². The van der Waals surface area contributed by atoms with Crippen LogP contribution in [0.2, 0.25) is 0 Å². The third kappa shape index (κ3) is 3.14. The minimum Gasteiger partial charge on any atom is -0.379 e. The Morgan fingerprint density at radius 1 is 1.39 bits per heavy atom. The number of hydrogen-bond donors (Lipinski definition) is 0. The van der Waals surface area contributed by atoms with Crippen LogP contribution in [0.4, 0.5) is 0 Å². The van der Waals surface area contributed by atoms with Crippen LogP contribution in [0.15, 0.2) is 0 Å². The van der Waals surface area contributed by atoms with Crippen molar-refractivity contribution in [3.63, 3.8) is 0 Å². The van der Waals surface area contributed by atoms with Crippen molar-refractivity contribution >= 4 is 27.3 Å². The summed E-state index contributed by atoms with van der Waals surface area (Å²) < 4.78 is 28.3. The van der Waals surface area contributed by atoms with Crippen molar-refractivity contribution in [3.8, 4) is 0 Å². The van der Waals surface area contributed by atoms with E-state index in [2.05, 4.69) is 0 Å². The van der Waals surface area contributed by atoms with E-state index < -0.39 is 9.84 Å². The lowest BCUT2D eigenvalue weighted by molar-refractivity contribution is -0.160. The van der Waals surface area contributed by atoms with Gasteiger partial charge in [0, 0.05) is 13.1 Å². The third-order valence-corrected chi connectivity index (χ3v) is 5.20. The molecule has 8 heteroatoms. The number of morpholine rings is 1. The average Bonchev–Trinajstić information content (AvgIpc) is 2.71. The van der Waals surface area contributed by atoms with Gasteiger partial charge in [-0.1, -0.05) is 0 Å². The topological polar surface area (TPSA) is 66.9 Å². The lowest BCUT2D eigenvalue weighted by atomic mass is 10.2. The van der Waals surface area contributed by atoms with Gasteiger partial charge >= 0.3 is 0 Å². The fourth-order valence-electron chi connectivity index (χ4n) is 2.39. The van der Waals surface area contributed by atoms with Crippen molar-refractivity contribution < 1.29 is 17.9 Å². The van der Waals surface area contributed by atoms with Gasteiger partial charge in [-0.05, 0) is 6.42 Å². The number of nitrogens with zero attached hydrogens (tertiary/aromatic N) is 2. The van der Waals surface area contributed by atoms with Crippen LogP contribution in [0.25, 0.3) is 0 Å². The van der Waals surface area contributed by atoms with Crippen molar-refractivity contribution in [2.24, 2.45) is 0 Å². The average molecular weight is 297 g/mol. The number of carbonyl (C=O) groups excluding carboxylic acids is 1. The molecule has 2 heterocycles. The Morgan fingerprint density at radius 2 is 2.06 bits per heavy atom. The van der Waals surface area contributed by atoms with Gasteiger partial charge in [-0.15, -0.1) is 11.6 Å². The number of ether oxygens (including phenoxy) is 1. The summed E-state index contributed by atoms with van der Waals surface area (Å²) >= 11 is 5.62. The first-order valence-electron chi connectivity index (χ1n) is 5.94. The largest absolute Gasteiger partial charge is 0.379 e. The number of halogens is 1. The van der Waals surface area contributed by atoms with Crippen molar-refractivity contribution in [1.82, 2.24) is 10.0 Å². The van der Waals surface area contributed by atoms with Crippen LogP contribution >= 0.6 is 11.6 Å². The molecule has 2 aliphatic heterocycles. The minimum absolute atomic E-state index is 0.0347. The molecule has 0 aromatic heterocycles. The normalized spacial score (nSPS) is 28.2. The maximum Gasteiger partial charge on any atom is 0.252 e. The van der Waals surface area contributed by atoms with E-state index in [0.29, 0.717) is 32.7 Å². The Bertz CT molecular complexity index is 408. The highest BCUT2D eigenvalue weighted by molar-refractivity contribution is 7.91. The maximum absolute atomic E-state index is 11.9. The summed E-state index contributed by atoms with van der Waals surface area (Å²) in [6.45, 7) is 2.29. The van der Waals surface area contributed by atoms with Crippen LogP contribution in [0.3, 0.4) is 0 Å². The molecule has 2 rings (SSSR count). The van der Waals surface area contributed by atoms with Gasteiger partial charge in [0.2, 0.25) is 0 Å². The molecule has 0 spiro atoms. The smallest absolute Gasteiger partial charge is 0.252 e. The monoisotopic (exact) mass is 296 g/mol. The summed E-state index contributed by atoms with van der Waals surface area (Å²) in [4.78, 5) is 11.9. The summed E-state index contributed by atoms with van der Waals surface area (Å²) in [6, 6.07) is -0.278. The predicted octanol–water partition coefficient (Wildman–Crippen LogP) is -0.512. The van der Waals surface area contributed by atoms with Crippen LogP contribution in [0.5, 0.6) is 0 Å². The fourth-order valence-corrected chi connectivity index (χ4v) is 4.21. The molecular weight excluding hydrogens is 280 g/mol. The van der Waals surface area contributed by atoms with Crippen LogP contribution in [-0.2, 0) is 19.4 Å². The van der Waals surface area contributed by atoms with Gasteiger partial charge in [0.05, 0.1) is 30.8 Å². The molecule has 2 fully saturated rings. The molecule has 0 radical (unpaired) electrons. The van der Waals surface area contributed by atoms with Crippen molar-refractivity contribution in [2.45, 2.75) is 12.5 Å². The molecule has 6 nitrogen and oxygen atoms in total. The first-order chi connectivity index (χ1) is 8.53. The van der Waals surface area contributed by atoms with E-state index in [1.54, 1.807) is 5.01 Å². The van der Waals surface area contributed by atoms with E-state index in [9.17, 15) is 13.2 Å². The third-order valence-electron chi connectivity index (χ3n) is 3.22. The Labute approximate surface area is 112 Å². The van der Waals surface area contributed by atoms with Gasteiger partial charge in [0.25, 0.3) is 5.91 Å². The van der Waals surface area contributed by atoms with E-state index in [-0.39, 0.29) is 29.3 Å². The molecule has 0 N–H and O–H groups in total. The second kappa shape index (κ2) is 5.73. The molecule has 1 atom stereocenters. The maximum atomic E-state index is 11.9. The number of sulfone groups is 1. The van der Waals surface area contributed by atoms with Crippen LogP contribution in [0, 0.1) is 0 Å². The SMILES string of the molecule is O=C(CCl)N([C@H]1CCS(=O)(=O)C1)N1CCOCC1. The zero-order chi connectivity index (χ0) is 13.2. The Kier molecular flexibility index (Phi) is 4.47. The summed E-state index contributed by atoms with van der Waals surface area (Å²) in [6.07, 6.45) is 0.488. The molecule has 2 saturated heterocycles. The zero-order valence-electron chi connectivity index (χ0n) is 10.0. The number of hydrazine groups is 1. The van der Waals surface area contributed by atoms with Gasteiger partial charge in [-0.2, -0.15) is 0 Å². The van der Waals surface area contributed by atoms with E-state index in [1.165, 1.54) is 0 Å². The van der Waals surface area contributed by atoms with Crippen molar-refractivity contribution in [1.29, 1.82) is 0 Å². The first kappa shape index (κ1) is 14.0. The fraction of sp³-hybridized carbons (Fsp3) is 0.900. The lowest BCUT2D eigenvalue weighted by Gasteiger charge is -2.40. The molecule has 0 unspecified atom stereocenters. The summed E-state index contributed by atoms with van der Waals surface area (Å²) in [5, 5.41) is 3.40. The molecule has 0 saturated carbocycles. The van der Waals surface area contributed by atoms with Crippen LogP contribution in [0.1, 0.15) is 6.42 Å². The number of amides is 1. The van der Waals surface area contributed by atoms with Gasteiger partial charge in [0.15, 0.2) is 9.84 Å². The molecule has 1 amide bonds. The summed E-state index contributed by atoms with van der Waals surface area (Å²) in [7, 11) is -3.02. The van der Waals surface area contributed by atoms with E-state index in [4.69, 9.17) is 16.3 Å². The Morgan fingerprint density at radius 3 is 2.56 bits per heavy atom. The van der Waals surface area contributed by atoms with E-state index >= 15 is 0 Å². The molecule has 0 aliphatic carbocycles. The molecule has 0 aromatic carbocycles. The highest BCUT2D eigenvalue weighted by Gasteiger charge is 2.37. The second-order valence-corrected chi connectivity index (χ2v) is 6.99. The van der Waals surface area contributed by atoms with Crippen molar-refractivity contribution in [2.75, 3.05) is 43.7 Å². The van der Waals surface area contributed by atoms with Crippen LogP contribution < -0.4 is 0 Å². The number of alkyl halides is 1. The Balaban J connectivity index is 2.12. The van der Waals surface area contributed by atoms with Gasteiger partial charge in [-0.3, -0.25) is 9.80 Å². The molecule has 0 aromatic rings. The second-order valence-electron chi connectivity index (χ2n) is 4.49. The van der Waals surface area contributed by atoms with E-state index in [0.717, 1.165) is 0 Å². The molecule has 104 valence electrons. The summed E-state index contributed by atoms with van der Waals surface area (Å²) in [5.41, 5.74) is 0. The van der Waals surface area contributed by atoms with Gasteiger partial charge < -0.3 is 4.74 Å². The molecule has 0 bridgehead atoms. The Hall–Kier alpha value is -0.370. The quantitative estimate of drug-likeness (QED) is 0.656. The molecular formula is C10H17ClN2O4S. The zero-order valence-corrected chi connectivity index (χ0v) is 11.6. The highest BCUT2D eigenvalue weighted by atomic mass is 35.5. The number of hydrogen-bond acceptors (Lipinski definition) is 5. The highest BCUT2D eigenvalue weighted by Crippen LogP contribution is 2.20. The van der Waals surface area contributed by atoms with Crippen LogP contribution in [-0.4, -0.2) is 74.1 Å².